The van der Waals surface area contributed by atoms with Crippen molar-refractivity contribution in [2.45, 2.75) is 11.8 Å². The van der Waals surface area contributed by atoms with Gasteiger partial charge in [0.05, 0.1) is 0 Å². The second kappa shape index (κ2) is 15.9. The zero-order valence-electron chi connectivity index (χ0n) is 24.3. The summed E-state index contributed by atoms with van der Waals surface area (Å²) in [6.45, 7) is 0. The Hall–Kier alpha value is -3.88. The summed E-state index contributed by atoms with van der Waals surface area (Å²) in [5.41, 5.74) is 12.2. The van der Waals surface area contributed by atoms with Gasteiger partial charge in [0.1, 0.15) is 0 Å². The van der Waals surface area contributed by atoms with E-state index in [0.29, 0.717) is 0 Å². The molecule has 0 N–H and O–H groups in total. The number of allylic oxidation sites excluding steroid dienone is 2. The number of hydrogen-bond acceptors (Lipinski definition) is 2. The van der Waals surface area contributed by atoms with E-state index in [-0.39, 0.29) is 62.9 Å². The maximum atomic E-state index is 4.48. The third kappa shape index (κ3) is 7.18. The van der Waals surface area contributed by atoms with Crippen LogP contribution < -0.4 is 24.8 Å². The van der Waals surface area contributed by atoms with E-state index in [4.69, 9.17) is 0 Å². The zero-order valence-corrected chi connectivity index (χ0v) is 28.3. The minimum Gasteiger partial charge on any atom is -1.00 e. The molecule has 0 fully saturated rings. The van der Waals surface area contributed by atoms with Crippen LogP contribution in [0.25, 0.3) is 34.4 Å². The van der Waals surface area contributed by atoms with Gasteiger partial charge in [0.2, 0.25) is 0 Å². The molecule has 216 valence electrons. The van der Waals surface area contributed by atoms with E-state index < -0.39 is 0 Å². The number of rotatable bonds is 4. The SMILES string of the molecule is [C-]1=Cc2c(-c3ccccc3)cccc2C1c1ccccn1.[C-]1=Cc2c(-c3ccccc3)cccc2C1c1ccccn1.[Cl-].[Cl-].[Zr+4]. The van der Waals surface area contributed by atoms with Gasteiger partial charge in [-0.05, 0) is 47.2 Å². The fraction of sp³-hybridized carbons (Fsp3) is 0.0500. The van der Waals surface area contributed by atoms with Crippen LogP contribution in [0, 0.1) is 12.2 Å². The van der Waals surface area contributed by atoms with E-state index in [2.05, 4.69) is 131 Å². The normalized spacial score (nSPS) is 14.8. The van der Waals surface area contributed by atoms with E-state index in [1.807, 2.05) is 48.8 Å². The average Bonchev–Trinajstić information content (AvgIpc) is 3.72. The summed E-state index contributed by atoms with van der Waals surface area (Å²) in [5.74, 6) is 0.287. The molecule has 2 aliphatic rings. The molecule has 2 unspecified atom stereocenters. The van der Waals surface area contributed by atoms with E-state index in [1.165, 1.54) is 44.5 Å². The summed E-state index contributed by atoms with van der Waals surface area (Å²) >= 11 is 0. The van der Waals surface area contributed by atoms with E-state index >= 15 is 0 Å². The van der Waals surface area contributed by atoms with Crippen LogP contribution in [-0.4, -0.2) is 9.97 Å². The Kier molecular flexibility index (Phi) is 12.0. The summed E-state index contributed by atoms with van der Waals surface area (Å²) in [4.78, 5) is 8.96. The minimum absolute atomic E-state index is 0. The first-order valence-corrected chi connectivity index (χ1v) is 14.2. The molecular weight excluding hydrogens is 671 g/mol. The Morgan fingerprint density at radius 3 is 1.20 bits per heavy atom. The minimum atomic E-state index is 0. The van der Waals surface area contributed by atoms with Crippen molar-refractivity contribution in [1.82, 2.24) is 9.97 Å². The zero-order chi connectivity index (χ0) is 28.1. The van der Waals surface area contributed by atoms with E-state index in [9.17, 15) is 0 Å². The van der Waals surface area contributed by atoms with Gasteiger partial charge in [-0.25, -0.2) is 12.2 Å². The van der Waals surface area contributed by atoms with Crippen molar-refractivity contribution in [3.63, 3.8) is 0 Å². The van der Waals surface area contributed by atoms with Crippen LogP contribution in [0.15, 0.2) is 146 Å². The summed E-state index contributed by atoms with van der Waals surface area (Å²) in [6.07, 6.45) is 14.8. The largest absolute Gasteiger partial charge is 4.00 e. The van der Waals surface area contributed by atoms with Crippen LogP contribution >= 0.6 is 0 Å². The van der Waals surface area contributed by atoms with Gasteiger partial charge in [-0.15, -0.1) is 11.1 Å². The summed E-state index contributed by atoms with van der Waals surface area (Å²) in [7, 11) is 0. The fourth-order valence-electron chi connectivity index (χ4n) is 5.83. The molecule has 45 heavy (non-hydrogen) atoms. The van der Waals surface area contributed by atoms with Gasteiger partial charge in [-0.3, -0.25) is 22.1 Å². The molecule has 6 aromatic rings. The van der Waals surface area contributed by atoms with Crippen molar-refractivity contribution < 1.29 is 51.0 Å². The Labute approximate surface area is 297 Å². The van der Waals surface area contributed by atoms with Crippen molar-refractivity contribution in [3.05, 3.63) is 192 Å². The van der Waals surface area contributed by atoms with Gasteiger partial charge >= 0.3 is 26.2 Å². The van der Waals surface area contributed by atoms with Crippen LogP contribution in [0.2, 0.25) is 0 Å². The van der Waals surface area contributed by atoms with Crippen molar-refractivity contribution in [2.75, 3.05) is 0 Å². The predicted octanol–water partition coefficient (Wildman–Crippen LogP) is 3.43. The van der Waals surface area contributed by atoms with Gasteiger partial charge in [0.25, 0.3) is 0 Å². The Bertz CT molecular complexity index is 1740. The Morgan fingerprint density at radius 2 is 0.822 bits per heavy atom. The predicted molar refractivity (Wildman–Crippen MR) is 171 cm³/mol. The first-order valence-electron chi connectivity index (χ1n) is 14.2. The molecule has 2 nitrogen and oxygen atoms in total. The van der Waals surface area contributed by atoms with Crippen LogP contribution in [0.1, 0.15) is 45.5 Å². The Balaban J connectivity index is 0.000000192. The Morgan fingerprint density at radius 1 is 0.422 bits per heavy atom. The molecule has 0 aliphatic heterocycles. The topological polar surface area (TPSA) is 25.8 Å². The van der Waals surface area contributed by atoms with Crippen molar-refractivity contribution >= 4 is 12.2 Å². The standard InChI is InChI=1S/2C20H14N.2ClH.Zr/c2*1-2-7-15(8-3-1)16-9-6-10-17-18(16)12-13-19(17)20-11-4-5-14-21-20;;;/h2*1-12,14,19H;2*1H;/q2*-1;;;+4/p-2. The molecule has 2 heterocycles. The number of aromatic nitrogens is 2. The maximum absolute atomic E-state index is 4.48. The fourth-order valence-corrected chi connectivity index (χ4v) is 5.83. The summed E-state index contributed by atoms with van der Waals surface area (Å²) < 4.78 is 0. The summed E-state index contributed by atoms with van der Waals surface area (Å²) in [5, 5.41) is 0. The van der Waals surface area contributed by atoms with Crippen molar-refractivity contribution in [1.29, 1.82) is 0 Å². The molecule has 0 amide bonds. The molecule has 5 heteroatoms. The van der Waals surface area contributed by atoms with Crippen molar-refractivity contribution in [3.8, 4) is 22.3 Å². The molecule has 4 aromatic carbocycles. The molecule has 0 saturated heterocycles. The number of hydrogen-bond donors (Lipinski definition) is 0. The van der Waals surface area contributed by atoms with E-state index in [0.717, 1.165) is 11.4 Å². The van der Waals surface area contributed by atoms with E-state index in [1.54, 1.807) is 0 Å². The maximum Gasteiger partial charge on any atom is 4.00 e. The quantitative estimate of drug-likeness (QED) is 0.264. The second-order valence-electron chi connectivity index (χ2n) is 10.3. The molecule has 0 spiro atoms. The molecular formula is C40H28Cl2N2Zr. The van der Waals surface area contributed by atoms with Gasteiger partial charge in [-0.1, -0.05) is 120 Å². The molecule has 2 aliphatic carbocycles. The second-order valence-corrected chi connectivity index (χ2v) is 10.3. The number of pyridine rings is 2. The first-order chi connectivity index (χ1) is 20.9. The van der Waals surface area contributed by atoms with Gasteiger partial charge in [-0.2, -0.15) is 11.1 Å². The van der Waals surface area contributed by atoms with Crippen LogP contribution in [0.4, 0.5) is 0 Å². The molecule has 0 bridgehead atoms. The van der Waals surface area contributed by atoms with Gasteiger partial charge in [0.15, 0.2) is 0 Å². The molecule has 2 aromatic heterocycles. The van der Waals surface area contributed by atoms with Crippen LogP contribution in [0.3, 0.4) is 0 Å². The molecule has 8 rings (SSSR count). The van der Waals surface area contributed by atoms with Gasteiger partial charge in [0, 0.05) is 23.8 Å². The van der Waals surface area contributed by atoms with Crippen LogP contribution in [-0.2, 0) is 26.2 Å². The third-order valence-electron chi connectivity index (χ3n) is 7.83. The molecule has 0 radical (unpaired) electrons. The number of halogens is 2. The molecule has 0 saturated carbocycles. The average molecular weight is 699 g/mol. The van der Waals surface area contributed by atoms with Gasteiger partial charge < -0.3 is 24.8 Å². The number of benzene rings is 4. The summed E-state index contributed by atoms with van der Waals surface area (Å²) in [6, 6.07) is 46.0. The number of nitrogens with zero attached hydrogens (tertiary/aromatic N) is 2. The third-order valence-corrected chi connectivity index (χ3v) is 7.83. The first kappa shape index (κ1) is 34.0. The monoisotopic (exact) mass is 696 g/mol. The smallest absolute Gasteiger partial charge is 1.00 e. The number of fused-ring (bicyclic) bond motifs is 2. The van der Waals surface area contributed by atoms with Crippen LogP contribution in [0.5, 0.6) is 0 Å². The van der Waals surface area contributed by atoms with Crippen molar-refractivity contribution in [2.24, 2.45) is 0 Å². The molecule has 2 atom stereocenters.